The number of halogens is 2. The van der Waals surface area contributed by atoms with Crippen molar-refractivity contribution >= 4 is 29.2 Å². The van der Waals surface area contributed by atoms with Crippen LogP contribution in [0.4, 0.5) is 10.1 Å². The normalized spacial score (nSPS) is 10.0. The molecule has 1 N–H and O–H groups in total. The van der Waals surface area contributed by atoms with Crippen LogP contribution in [0.3, 0.4) is 0 Å². The van der Waals surface area contributed by atoms with Crippen molar-refractivity contribution in [3.05, 3.63) is 23.0 Å². The number of hydrogen-bond acceptors (Lipinski definition) is 3. The van der Waals surface area contributed by atoms with E-state index in [1.165, 1.54) is 13.0 Å². The summed E-state index contributed by atoms with van der Waals surface area (Å²) in [5.41, 5.74) is 0.184. The summed E-state index contributed by atoms with van der Waals surface area (Å²) in [5, 5.41) is 2.11. The lowest BCUT2D eigenvalue weighted by atomic mass is 10.2. The van der Waals surface area contributed by atoms with Crippen molar-refractivity contribution in [2.45, 2.75) is 26.7 Å². The van der Waals surface area contributed by atoms with Gasteiger partial charge in [-0.15, -0.1) is 0 Å². The van der Waals surface area contributed by atoms with Crippen LogP contribution in [-0.4, -0.2) is 11.9 Å². The van der Waals surface area contributed by atoms with E-state index in [-0.39, 0.29) is 28.8 Å². The van der Waals surface area contributed by atoms with Crippen LogP contribution >= 0.6 is 11.6 Å². The molecule has 0 saturated carbocycles. The molecule has 0 bridgehead atoms. The summed E-state index contributed by atoms with van der Waals surface area (Å²) in [7, 11) is 0. The average Bonchev–Trinajstić information content (AvgIpc) is 2.24. The lowest BCUT2D eigenvalue weighted by molar-refractivity contribution is -0.134. The minimum absolute atomic E-state index is 0.0983. The summed E-state index contributed by atoms with van der Waals surface area (Å²) in [6, 6.07) is 2.36. The van der Waals surface area contributed by atoms with Crippen molar-refractivity contribution in [1.29, 1.82) is 0 Å². The number of esters is 1. The zero-order chi connectivity index (χ0) is 13.7. The third-order valence-electron chi connectivity index (χ3n) is 1.99. The van der Waals surface area contributed by atoms with Crippen LogP contribution < -0.4 is 10.1 Å². The van der Waals surface area contributed by atoms with Gasteiger partial charge in [0.1, 0.15) is 10.8 Å². The van der Waals surface area contributed by atoms with Gasteiger partial charge in [0.05, 0.1) is 0 Å². The molecule has 0 aliphatic rings. The first-order chi connectivity index (χ1) is 8.43. The largest absolute Gasteiger partial charge is 0.425 e. The second kappa shape index (κ2) is 6.35. The van der Waals surface area contributed by atoms with Gasteiger partial charge in [-0.25, -0.2) is 4.39 Å². The van der Waals surface area contributed by atoms with Gasteiger partial charge < -0.3 is 10.1 Å². The maximum Gasteiger partial charge on any atom is 0.311 e. The fourth-order valence-electron chi connectivity index (χ4n) is 1.29. The van der Waals surface area contributed by atoms with Crippen molar-refractivity contribution in [2.75, 3.05) is 5.32 Å². The van der Waals surface area contributed by atoms with E-state index in [9.17, 15) is 14.0 Å². The van der Waals surface area contributed by atoms with Gasteiger partial charge in [-0.05, 0) is 12.5 Å². The molecule has 0 heterocycles. The Bertz CT molecular complexity index is 477. The molecule has 0 fully saturated rings. The second-order valence-corrected chi connectivity index (χ2v) is 4.05. The molecule has 18 heavy (non-hydrogen) atoms. The predicted octanol–water partition coefficient (Wildman–Crippen LogP) is 3.14. The van der Waals surface area contributed by atoms with Crippen LogP contribution in [-0.2, 0) is 9.59 Å². The van der Waals surface area contributed by atoms with Crippen molar-refractivity contribution < 1.29 is 18.7 Å². The van der Waals surface area contributed by atoms with Gasteiger partial charge in [-0.1, -0.05) is 18.5 Å². The zero-order valence-electron chi connectivity index (χ0n) is 10.0. The molecule has 1 rings (SSSR count). The monoisotopic (exact) mass is 273 g/mol. The first-order valence-electron chi connectivity index (χ1n) is 5.41. The molecule has 1 aromatic rings. The van der Waals surface area contributed by atoms with Crippen LogP contribution in [0.5, 0.6) is 5.75 Å². The molecular formula is C12H13ClFNO3. The third kappa shape index (κ3) is 4.00. The molecule has 4 nitrogen and oxygen atoms in total. The highest BCUT2D eigenvalue weighted by Gasteiger charge is 2.14. The van der Waals surface area contributed by atoms with E-state index in [0.717, 1.165) is 6.07 Å². The molecule has 1 aromatic carbocycles. The lowest BCUT2D eigenvalue weighted by Gasteiger charge is -2.09. The molecule has 0 aliphatic carbocycles. The number of hydrogen-bond donors (Lipinski definition) is 1. The molecule has 0 spiro atoms. The predicted molar refractivity (Wildman–Crippen MR) is 66.3 cm³/mol. The van der Waals surface area contributed by atoms with Crippen molar-refractivity contribution in [2.24, 2.45) is 0 Å². The highest BCUT2D eigenvalue weighted by Crippen LogP contribution is 2.31. The van der Waals surface area contributed by atoms with E-state index in [2.05, 4.69) is 5.32 Å². The molecule has 0 radical (unpaired) electrons. The Morgan fingerprint density at radius 1 is 1.44 bits per heavy atom. The molecule has 98 valence electrons. The summed E-state index contributed by atoms with van der Waals surface area (Å²) in [6.07, 6.45) is 0.826. The van der Waals surface area contributed by atoms with Gasteiger partial charge in [0.2, 0.25) is 5.91 Å². The smallest absolute Gasteiger partial charge is 0.311 e. The van der Waals surface area contributed by atoms with Crippen LogP contribution in [0, 0.1) is 5.82 Å². The average molecular weight is 274 g/mol. The molecule has 0 saturated heterocycles. The summed E-state index contributed by atoms with van der Waals surface area (Å²) < 4.78 is 18.4. The first kappa shape index (κ1) is 14.4. The number of ether oxygens (including phenoxy) is 1. The van der Waals surface area contributed by atoms with Crippen molar-refractivity contribution in [3.8, 4) is 5.75 Å². The number of nitrogens with one attached hydrogen (secondary N) is 1. The van der Waals surface area contributed by atoms with E-state index in [1.54, 1.807) is 0 Å². The summed E-state index contributed by atoms with van der Waals surface area (Å²) >= 11 is 5.68. The Hall–Kier alpha value is -1.62. The molecule has 0 atom stereocenters. The zero-order valence-corrected chi connectivity index (χ0v) is 10.8. The summed E-state index contributed by atoms with van der Waals surface area (Å²) in [5.74, 6) is -1.72. The number of benzene rings is 1. The van der Waals surface area contributed by atoms with E-state index in [1.807, 2.05) is 6.92 Å². The number of rotatable bonds is 4. The van der Waals surface area contributed by atoms with Crippen molar-refractivity contribution in [3.63, 3.8) is 0 Å². The number of amides is 1. The summed E-state index contributed by atoms with van der Waals surface area (Å²) in [6.45, 7) is 3.10. The maximum atomic E-state index is 13.5. The van der Waals surface area contributed by atoms with Crippen LogP contribution in [0.2, 0.25) is 5.02 Å². The molecule has 0 aliphatic heterocycles. The SMILES string of the molecule is CCCC(=O)Oc1cc(NC(C)=O)cc(F)c1Cl. The van der Waals surface area contributed by atoms with Gasteiger partial charge in [-0.2, -0.15) is 0 Å². The topological polar surface area (TPSA) is 55.4 Å². The molecule has 0 unspecified atom stereocenters. The minimum atomic E-state index is -0.762. The minimum Gasteiger partial charge on any atom is -0.425 e. The van der Waals surface area contributed by atoms with Crippen LogP contribution in [0.25, 0.3) is 0 Å². The van der Waals surface area contributed by atoms with Gasteiger partial charge >= 0.3 is 5.97 Å². The van der Waals surface area contributed by atoms with Gasteiger partial charge in [0.15, 0.2) is 5.75 Å². The van der Waals surface area contributed by atoms with Gasteiger partial charge in [0.25, 0.3) is 0 Å². The Kier molecular flexibility index (Phi) is 5.09. The Labute approximate surface area is 109 Å². The Morgan fingerprint density at radius 2 is 2.11 bits per heavy atom. The highest BCUT2D eigenvalue weighted by atomic mass is 35.5. The van der Waals surface area contributed by atoms with E-state index in [0.29, 0.717) is 6.42 Å². The number of carbonyl (C=O) groups excluding carboxylic acids is 2. The number of carbonyl (C=O) groups is 2. The highest BCUT2D eigenvalue weighted by molar-refractivity contribution is 6.32. The van der Waals surface area contributed by atoms with Crippen molar-refractivity contribution in [1.82, 2.24) is 0 Å². The van der Waals surface area contributed by atoms with Crippen LogP contribution in [0.1, 0.15) is 26.7 Å². The Morgan fingerprint density at radius 3 is 2.67 bits per heavy atom. The maximum absolute atomic E-state index is 13.5. The standard InChI is InChI=1S/C12H13ClFNO3/c1-3-4-11(17)18-10-6-8(15-7(2)16)5-9(14)12(10)13/h5-6H,3-4H2,1-2H3,(H,15,16). The fourth-order valence-corrected chi connectivity index (χ4v) is 1.44. The van der Waals surface area contributed by atoms with E-state index < -0.39 is 11.8 Å². The number of anilines is 1. The Balaban J connectivity index is 2.98. The van der Waals surface area contributed by atoms with E-state index >= 15 is 0 Å². The molecule has 1 amide bonds. The lowest BCUT2D eigenvalue weighted by Crippen LogP contribution is -2.10. The quantitative estimate of drug-likeness (QED) is 0.677. The first-order valence-corrected chi connectivity index (χ1v) is 5.79. The van der Waals surface area contributed by atoms with Crippen LogP contribution in [0.15, 0.2) is 12.1 Å². The fraction of sp³-hybridized carbons (Fsp3) is 0.333. The van der Waals surface area contributed by atoms with Gasteiger partial charge in [-0.3, -0.25) is 9.59 Å². The molecular weight excluding hydrogens is 261 g/mol. The van der Waals surface area contributed by atoms with E-state index in [4.69, 9.17) is 16.3 Å². The summed E-state index contributed by atoms with van der Waals surface area (Å²) in [4.78, 5) is 22.2. The third-order valence-corrected chi connectivity index (χ3v) is 2.36. The molecule has 0 aromatic heterocycles. The second-order valence-electron chi connectivity index (χ2n) is 3.68. The molecule has 6 heteroatoms. The van der Waals surface area contributed by atoms with Gasteiger partial charge in [0, 0.05) is 25.1 Å².